The van der Waals surface area contributed by atoms with Gasteiger partial charge in [0.2, 0.25) is 0 Å². The second-order valence-corrected chi connectivity index (χ2v) is 3.79. The Morgan fingerprint density at radius 1 is 1.00 bits per heavy atom. The minimum absolute atomic E-state index is 0.998. The van der Waals surface area contributed by atoms with Gasteiger partial charge in [0, 0.05) is 0 Å². The molecule has 2 rings (SSSR count). The van der Waals surface area contributed by atoms with Gasteiger partial charge in [-0.05, 0) is 29.7 Å². The molecule has 0 amide bonds. The third-order valence-electron chi connectivity index (χ3n) is 2.61. The third-order valence-corrected chi connectivity index (χ3v) is 2.61. The predicted octanol–water partition coefficient (Wildman–Crippen LogP) is 3.70. The summed E-state index contributed by atoms with van der Waals surface area (Å²) in [4.78, 5) is 0. The van der Waals surface area contributed by atoms with Gasteiger partial charge in [-0.1, -0.05) is 49.4 Å². The van der Waals surface area contributed by atoms with Crippen molar-refractivity contribution in [2.45, 2.75) is 13.3 Å². The van der Waals surface area contributed by atoms with Crippen molar-refractivity contribution in [3.05, 3.63) is 65.7 Å². The Morgan fingerprint density at radius 2 is 1.71 bits per heavy atom. The number of aryl methyl sites for hydroxylation is 1. The molecule has 0 unspecified atom stereocenters. The van der Waals surface area contributed by atoms with E-state index in [2.05, 4.69) is 35.7 Å². The van der Waals surface area contributed by atoms with Gasteiger partial charge in [0.1, 0.15) is 0 Å². The van der Waals surface area contributed by atoms with Crippen molar-refractivity contribution in [1.82, 2.24) is 0 Å². The van der Waals surface area contributed by atoms with Gasteiger partial charge in [0.15, 0.2) is 0 Å². The van der Waals surface area contributed by atoms with E-state index in [0.29, 0.717) is 0 Å². The van der Waals surface area contributed by atoms with Crippen LogP contribution >= 0.6 is 0 Å². The first kappa shape index (κ1) is 11.4. The van der Waals surface area contributed by atoms with Crippen LogP contribution in [0.25, 0.3) is 0 Å². The van der Waals surface area contributed by atoms with Gasteiger partial charge < -0.3 is 0 Å². The predicted molar refractivity (Wildman–Crippen MR) is 73.5 cm³/mol. The minimum Gasteiger partial charge on any atom is -0.279 e. The molecule has 0 aliphatic rings. The van der Waals surface area contributed by atoms with Crippen molar-refractivity contribution < 1.29 is 0 Å². The maximum atomic E-state index is 4.25. The number of rotatable bonds is 4. The Balaban J connectivity index is 2.06. The normalized spacial score (nSPS) is 10.6. The van der Waals surface area contributed by atoms with Crippen LogP contribution in [0.4, 0.5) is 5.69 Å². The van der Waals surface area contributed by atoms with Crippen LogP contribution in [-0.2, 0) is 6.42 Å². The molecule has 17 heavy (non-hydrogen) atoms. The van der Waals surface area contributed by atoms with Crippen LogP contribution in [0.5, 0.6) is 0 Å². The lowest BCUT2D eigenvalue weighted by molar-refractivity contribution is 1.13. The van der Waals surface area contributed by atoms with E-state index in [1.807, 2.05) is 42.6 Å². The second kappa shape index (κ2) is 5.85. The standard InChI is InChI=1S/C15H16N2/c1-2-13-8-6-7-9-14(13)12-16-17-15-10-4-3-5-11-15/h3-12,17H,2H2,1H3. The lowest BCUT2D eigenvalue weighted by atomic mass is 10.1. The summed E-state index contributed by atoms with van der Waals surface area (Å²) in [6, 6.07) is 18.2. The maximum Gasteiger partial charge on any atom is 0.0561 e. The molecule has 86 valence electrons. The molecule has 1 N–H and O–H groups in total. The molecule has 0 radical (unpaired) electrons. The number of nitrogens with zero attached hydrogens (tertiary/aromatic N) is 1. The summed E-state index contributed by atoms with van der Waals surface area (Å²) in [5.41, 5.74) is 6.49. The van der Waals surface area contributed by atoms with Crippen LogP contribution in [0.15, 0.2) is 59.7 Å². The van der Waals surface area contributed by atoms with Gasteiger partial charge in [-0.25, -0.2) is 0 Å². The van der Waals surface area contributed by atoms with E-state index >= 15 is 0 Å². The Morgan fingerprint density at radius 3 is 2.47 bits per heavy atom. The summed E-state index contributed by atoms with van der Waals surface area (Å²) in [5, 5.41) is 4.25. The summed E-state index contributed by atoms with van der Waals surface area (Å²) in [6.07, 6.45) is 2.89. The van der Waals surface area contributed by atoms with Crippen molar-refractivity contribution in [3.8, 4) is 0 Å². The van der Waals surface area contributed by atoms with Crippen LogP contribution in [0.2, 0.25) is 0 Å². The summed E-state index contributed by atoms with van der Waals surface area (Å²) >= 11 is 0. The van der Waals surface area contributed by atoms with E-state index in [-0.39, 0.29) is 0 Å². The van der Waals surface area contributed by atoms with E-state index in [1.54, 1.807) is 0 Å². The molecular weight excluding hydrogens is 208 g/mol. The molecule has 0 saturated heterocycles. The molecule has 0 heterocycles. The molecule has 0 aliphatic heterocycles. The molecule has 0 aliphatic carbocycles. The molecule has 2 aromatic carbocycles. The first-order chi connectivity index (χ1) is 8.40. The average molecular weight is 224 g/mol. The summed E-state index contributed by atoms with van der Waals surface area (Å²) in [7, 11) is 0. The summed E-state index contributed by atoms with van der Waals surface area (Å²) in [5.74, 6) is 0. The highest BCUT2D eigenvalue weighted by Gasteiger charge is 1.95. The second-order valence-electron chi connectivity index (χ2n) is 3.79. The van der Waals surface area contributed by atoms with Crippen molar-refractivity contribution in [1.29, 1.82) is 0 Å². The molecule has 2 heteroatoms. The SMILES string of the molecule is CCc1ccccc1C=NNc1ccccc1. The third kappa shape index (κ3) is 3.18. The van der Waals surface area contributed by atoms with Gasteiger partial charge in [-0.15, -0.1) is 0 Å². The number of nitrogens with one attached hydrogen (secondary N) is 1. The molecule has 0 fully saturated rings. The molecule has 0 atom stereocenters. The van der Waals surface area contributed by atoms with Crippen LogP contribution < -0.4 is 5.43 Å². The first-order valence-corrected chi connectivity index (χ1v) is 5.82. The zero-order valence-corrected chi connectivity index (χ0v) is 9.93. The van der Waals surface area contributed by atoms with Gasteiger partial charge in [0.25, 0.3) is 0 Å². The number of para-hydroxylation sites is 1. The number of hydrogen-bond acceptors (Lipinski definition) is 2. The number of benzene rings is 2. The molecule has 0 aromatic heterocycles. The molecule has 2 nitrogen and oxygen atoms in total. The molecule has 0 saturated carbocycles. The van der Waals surface area contributed by atoms with E-state index in [4.69, 9.17) is 0 Å². The Labute approximate surface area is 102 Å². The monoisotopic (exact) mass is 224 g/mol. The lowest BCUT2D eigenvalue weighted by Gasteiger charge is -2.02. The van der Waals surface area contributed by atoms with Crippen molar-refractivity contribution >= 4 is 11.9 Å². The van der Waals surface area contributed by atoms with Gasteiger partial charge in [-0.2, -0.15) is 5.10 Å². The van der Waals surface area contributed by atoms with Gasteiger partial charge in [0.05, 0.1) is 11.9 Å². The molecule has 0 bridgehead atoms. The van der Waals surface area contributed by atoms with E-state index in [1.165, 1.54) is 11.1 Å². The topological polar surface area (TPSA) is 24.4 Å². The average Bonchev–Trinajstić information content (AvgIpc) is 2.40. The fourth-order valence-corrected chi connectivity index (χ4v) is 1.67. The fraction of sp³-hybridized carbons (Fsp3) is 0.133. The Hall–Kier alpha value is -2.09. The zero-order chi connectivity index (χ0) is 11.9. The highest BCUT2D eigenvalue weighted by atomic mass is 15.3. The smallest absolute Gasteiger partial charge is 0.0561 e. The first-order valence-electron chi connectivity index (χ1n) is 5.82. The Kier molecular flexibility index (Phi) is 3.92. The molecule has 2 aromatic rings. The van der Waals surface area contributed by atoms with E-state index < -0.39 is 0 Å². The number of hydrazone groups is 1. The molecular formula is C15H16N2. The fourth-order valence-electron chi connectivity index (χ4n) is 1.67. The van der Waals surface area contributed by atoms with Gasteiger partial charge >= 0.3 is 0 Å². The van der Waals surface area contributed by atoms with Crippen molar-refractivity contribution in [2.24, 2.45) is 5.10 Å². The number of hydrogen-bond donors (Lipinski definition) is 1. The van der Waals surface area contributed by atoms with Crippen molar-refractivity contribution in [2.75, 3.05) is 5.43 Å². The maximum absolute atomic E-state index is 4.25. The number of anilines is 1. The minimum atomic E-state index is 0.998. The summed E-state index contributed by atoms with van der Waals surface area (Å²) in [6.45, 7) is 2.15. The summed E-state index contributed by atoms with van der Waals surface area (Å²) < 4.78 is 0. The van der Waals surface area contributed by atoms with Gasteiger partial charge in [-0.3, -0.25) is 5.43 Å². The Bertz CT molecular complexity index is 489. The highest BCUT2D eigenvalue weighted by molar-refractivity contribution is 5.82. The highest BCUT2D eigenvalue weighted by Crippen LogP contribution is 2.08. The quantitative estimate of drug-likeness (QED) is 0.621. The van der Waals surface area contributed by atoms with Crippen LogP contribution in [0.3, 0.4) is 0 Å². The lowest BCUT2D eigenvalue weighted by Crippen LogP contribution is -1.93. The molecule has 0 spiro atoms. The van der Waals surface area contributed by atoms with Crippen molar-refractivity contribution in [3.63, 3.8) is 0 Å². The van der Waals surface area contributed by atoms with E-state index in [9.17, 15) is 0 Å². The van der Waals surface area contributed by atoms with Crippen LogP contribution in [0, 0.1) is 0 Å². The van der Waals surface area contributed by atoms with Crippen LogP contribution in [-0.4, -0.2) is 6.21 Å². The van der Waals surface area contributed by atoms with E-state index in [0.717, 1.165) is 12.1 Å². The largest absolute Gasteiger partial charge is 0.279 e. The van der Waals surface area contributed by atoms with Crippen LogP contribution in [0.1, 0.15) is 18.1 Å². The zero-order valence-electron chi connectivity index (χ0n) is 9.93.